The van der Waals surface area contributed by atoms with E-state index in [0.29, 0.717) is 28.5 Å². The number of hydrogen-bond donors (Lipinski definition) is 0. The highest BCUT2D eigenvalue weighted by atomic mass is 19.4. The van der Waals surface area contributed by atoms with E-state index in [1.54, 1.807) is 0 Å². The van der Waals surface area contributed by atoms with Gasteiger partial charge >= 0.3 is 6.18 Å². The van der Waals surface area contributed by atoms with Crippen molar-refractivity contribution in [1.82, 2.24) is 24.3 Å². The SMILES string of the molecule is O=c1c2cnn(C3CCCCO3)c2c2cnc(-c3cccnc3F)cc2n1CC(F)(F)F. The van der Waals surface area contributed by atoms with Gasteiger partial charge in [0.1, 0.15) is 6.54 Å². The molecule has 4 aromatic rings. The van der Waals surface area contributed by atoms with E-state index >= 15 is 0 Å². The van der Waals surface area contributed by atoms with Crippen LogP contribution in [0.1, 0.15) is 25.5 Å². The monoisotopic (exact) mass is 447 g/mol. The van der Waals surface area contributed by atoms with Gasteiger partial charge in [0, 0.05) is 24.4 Å². The van der Waals surface area contributed by atoms with Crippen LogP contribution in [0.15, 0.2) is 41.6 Å². The lowest BCUT2D eigenvalue weighted by atomic mass is 10.1. The molecule has 0 bridgehead atoms. The highest BCUT2D eigenvalue weighted by molar-refractivity contribution is 6.03. The van der Waals surface area contributed by atoms with Crippen molar-refractivity contribution in [2.75, 3.05) is 6.61 Å². The molecule has 32 heavy (non-hydrogen) atoms. The molecule has 0 spiro atoms. The Morgan fingerprint density at radius 3 is 2.72 bits per heavy atom. The van der Waals surface area contributed by atoms with E-state index in [1.807, 2.05) is 0 Å². The summed E-state index contributed by atoms with van der Waals surface area (Å²) >= 11 is 0. The van der Waals surface area contributed by atoms with E-state index in [9.17, 15) is 22.4 Å². The Morgan fingerprint density at radius 2 is 2.00 bits per heavy atom. The Bertz CT molecular complexity index is 1370. The molecule has 0 N–H and O–H groups in total. The van der Waals surface area contributed by atoms with E-state index in [0.717, 1.165) is 12.8 Å². The molecule has 5 heterocycles. The molecule has 1 fully saturated rings. The van der Waals surface area contributed by atoms with Crippen molar-refractivity contribution in [2.45, 2.75) is 38.2 Å². The van der Waals surface area contributed by atoms with Crippen molar-refractivity contribution >= 4 is 21.8 Å². The van der Waals surface area contributed by atoms with Crippen LogP contribution in [0.25, 0.3) is 33.1 Å². The van der Waals surface area contributed by atoms with E-state index in [1.165, 1.54) is 41.5 Å². The molecule has 0 saturated carbocycles. The lowest BCUT2D eigenvalue weighted by Crippen LogP contribution is -2.29. The first-order valence-electron chi connectivity index (χ1n) is 10.0. The standard InChI is InChI=1S/C21H17F4N5O2/c22-19-12(4-3-6-26-19)15-8-16-13(9-27-15)18-14(20(31)29(16)11-21(23,24)25)10-28-30(18)17-5-1-2-7-32-17/h3-4,6,8-10,17H,1-2,5,7,11H2. The van der Waals surface area contributed by atoms with Crippen LogP contribution in [0, 0.1) is 5.95 Å². The van der Waals surface area contributed by atoms with Crippen LogP contribution >= 0.6 is 0 Å². The summed E-state index contributed by atoms with van der Waals surface area (Å²) in [7, 11) is 0. The minimum atomic E-state index is -4.64. The summed E-state index contributed by atoms with van der Waals surface area (Å²) in [6.45, 7) is -0.972. The maximum Gasteiger partial charge on any atom is 0.406 e. The van der Waals surface area contributed by atoms with Crippen LogP contribution in [0.3, 0.4) is 0 Å². The Balaban J connectivity index is 1.82. The van der Waals surface area contributed by atoms with Gasteiger partial charge in [-0.1, -0.05) is 0 Å². The molecule has 0 aliphatic carbocycles. The van der Waals surface area contributed by atoms with Gasteiger partial charge in [-0.3, -0.25) is 14.3 Å². The highest BCUT2D eigenvalue weighted by Crippen LogP contribution is 2.32. The summed E-state index contributed by atoms with van der Waals surface area (Å²) in [4.78, 5) is 20.9. The lowest BCUT2D eigenvalue weighted by molar-refractivity contribution is -0.140. The second-order valence-electron chi connectivity index (χ2n) is 7.61. The lowest BCUT2D eigenvalue weighted by Gasteiger charge is -2.24. The van der Waals surface area contributed by atoms with Crippen LogP contribution in [0.4, 0.5) is 17.6 Å². The van der Waals surface area contributed by atoms with Gasteiger partial charge in [-0.15, -0.1) is 0 Å². The normalized spacial score (nSPS) is 17.3. The molecule has 5 rings (SSSR count). The second kappa shape index (κ2) is 7.66. The molecule has 1 aliphatic rings. The fourth-order valence-electron chi connectivity index (χ4n) is 4.09. The average molecular weight is 447 g/mol. The molecule has 1 saturated heterocycles. The van der Waals surface area contributed by atoms with E-state index in [2.05, 4.69) is 15.1 Å². The summed E-state index contributed by atoms with van der Waals surface area (Å²) in [6, 6.07) is 4.19. The third-order valence-electron chi connectivity index (χ3n) is 5.50. The number of pyridine rings is 3. The van der Waals surface area contributed by atoms with Crippen molar-refractivity contribution in [3.05, 3.63) is 53.1 Å². The van der Waals surface area contributed by atoms with Crippen molar-refractivity contribution in [2.24, 2.45) is 0 Å². The van der Waals surface area contributed by atoms with Gasteiger partial charge in [0.25, 0.3) is 5.56 Å². The first-order chi connectivity index (χ1) is 15.3. The second-order valence-corrected chi connectivity index (χ2v) is 7.61. The zero-order chi connectivity index (χ0) is 22.5. The molecular formula is C21H17F4N5O2. The Labute approximate surface area is 178 Å². The molecule has 7 nitrogen and oxygen atoms in total. The molecule has 166 valence electrons. The average Bonchev–Trinajstić information content (AvgIpc) is 3.22. The van der Waals surface area contributed by atoms with Crippen molar-refractivity contribution in [3.63, 3.8) is 0 Å². The molecule has 0 amide bonds. The molecular weight excluding hydrogens is 430 g/mol. The molecule has 1 atom stereocenters. The number of halogens is 4. The smallest absolute Gasteiger partial charge is 0.356 e. The predicted octanol–water partition coefficient (Wildman–Crippen LogP) is 4.21. The van der Waals surface area contributed by atoms with E-state index < -0.39 is 30.5 Å². The largest absolute Gasteiger partial charge is 0.406 e. The molecule has 1 aliphatic heterocycles. The summed E-state index contributed by atoms with van der Waals surface area (Å²) in [5, 5.41) is 4.60. The number of rotatable bonds is 3. The van der Waals surface area contributed by atoms with Gasteiger partial charge in [-0.25, -0.2) is 9.67 Å². The summed E-state index contributed by atoms with van der Waals surface area (Å²) in [5.74, 6) is -0.814. The van der Waals surface area contributed by atoms with Crippen LogP contribution in [-0.2, 0) is 11.3 Å². The maximum absolute atomic E-state index is 14.2. The molecule has 0 aromatic carbocycles. The van der Waals surface area contributed by atoms with Gasteiger partial charge in [0.2, 0.25) is 5.95 Å². The van der Waals surface area contributed by atoms with Gasteiger partial charge in [-0.2, -0.15) is 22.7 Å². The van der Waals surface area contributed by atoms with Gasteiger partial charge in [-0.05, 0) is 37.5 Å². The van der Waals surface area contributed by atoms with Crippen LogP contribution in [-0.4, -0.2) is 37.1 Å². The van der Waals surface area contributed by atoms with Crippen LogP contribution in [0.2, 0.25) is 0 Å². The highest BCUT2D eigenvalue weighted by Gasteiger charge is 2.31. The topological polar surface area (TPSA) is 74.8 Å². The quantitative estimate of drug-likeness (QED) is 0.348. The Morgan fingerprint density at radius 1 is 1.16 bits per heavy atom. The number of ether oxygens (including phenoxy) is 1. The number of aromatic nitrogens is 5. The fourth-order valence-corrected chi connectivity index (χ4v) is 4.09. The van der Waals surface area contributed by atoms with Crippen molar-refractivity contribution in [1.29, 1.82) is 0 Å². The Hall–Kier alpha value is -3.34. The minimum absolute atomic E-state index is 0.0182. The van der Waals surface area contributed by atoms with Crippen LogP contribution < -0.4 is 5.56 Å². The number of nitrogens with zero attached hydrogens (tertiary/aromatic N) is 5. The third-order valence-corrected chi connectivity index (χ3v) is 5.50. The van der Waals surface area contributed by atoms with Gasteiger partial charge in [0.15, 0.2) is 6.23 Å². The summed E-state index contributed by atoms with van der Waals surface area (Å²) in [5.41, 5.74) is -0.426. The molecule has 1 unspecified atom stereocenters. The summed E-state index contributed by atoms with van der Waals surface area (Å²) in [6.07, 6.45) is 1.24. The van der Waals surface area contributed by atoms with Crippen LogP contribution in [0.5, 0.6) is 0 Å². The number of hydrogen-bond acceptors (Lipinski definition) is 5. The molecule has 0 radical (unpaired) electrons. The van der Waals surface area contributed by atoms with Crippen molar-refractivity contribution in [3.8, 4) is 11.3 Å². The zero-order valence-electron chi connectivity index (χ0n) is 16.6. The molecule has 11 heteroatoms. The molecule has 4 aromatic heterocycles. The predicted molar refractivity (Wildman–Crippen MR) is 107 cm³/mol. The third kappa shape index (κ3) is 3.52. The van der Waals surface area contributed by atoms with Gasteiger partial charge < -0.3 is 4.74 Å². The van der Waals surface area contributed by atoms with E-state index in [4.69, 9.17) is 4.74 Å². The van der Waals surface area contributed by atoms with E-state index in [-0.39, 0.29) is 22.2 Å². The maximum atomic E-state index is 14.2. The first-order valence-corrected chi connectivity index (χ1v) is 10.0. The summed E-state index contributed by atoms with van der Waals surface area (Å²) < 4.78 is 62.2. The minimum Gasteiger partial charge on any atom is -0.356 e. The number of fused-ring (bicyclic) bond motifs is 3. The fraction of sp³-hybridized carbons (Fsp3) is 0.333. The zero-order valence-corrected chi connectivity index (χ0v) is 16.6. The first kappa shape index (κ1) is 20.6. The Kier molecular flexibility index (Phi) is 4.92. The number of alkyl halides is 3. The van der Waals surface area contributed by atoms with Crippen molar-refractivity contribution < 1.29 is 22.3 Å². The van der Waals surface area contributed by atoms with Gasteiger partial charge in [0.05, 0.1) is 33.9 Å².